The van der Waals surface area contributed by atoms with E-state index in [9.17, 15) is 126 Å². The monoisotopic (exact) mass is 1870 g/mol. The van der Waals surface area contributed by atoms with Crippen LogP contribution in [0.25, 0.3) is 0 Å². The first-order valence-electron chi connectivity index (χ1n) is 35.7. The minimum Gasteiger partial charge on any atom is -0.388 e. The van der Waals surface area contributed by atoms with E-state index in [1.807, 2.05) is 9.97 Å². The second-order valence-electron chi connectivity index (χ2n) is 26.9. The van der Waals surface area contributed by atoms with E-state index in [1.54, 1.807) is 40.2 Å². The molecule has 55 heteroatoms. The number of methoxy groups -OCH3 is 2. The molecule has 16 N–H and O–H groups in total. The summed E-state index contributed by atoms with van der Waals surface area (Å²) in [5.41, 5.74) is -1.58. The number of aryl methyl sites for hydroxylation is 2. The highest BCUT2D eigenvalue weighted by atomic mass is 32.2. The predicted molar refractivity (Wildman–Crippen MR) is 412 cm³/mol. The van der Waals surface area contributed by atoms with E-state index in [0.717, 1.165) is 77.2 Å². The van der Waals surface area contributed by atoms with Crippen molar-refractivity contribution in [2.45, 2.75) is 165 Å². The van der Waals surface area contributed by atoms with Crippen LogP contribution < -0.4 is 22.5 Å². The molecule has 15 unspecified atom stereocenters. The minimum absolute atomic E-state index is 0.0652. The first-order chi connectivity index (χ1) is 55.6. The Morgan fingerprint density at radius 2 is 0.782 bits per heavy atom. The Morgan fingerprint density at radius 1 is 0.429 bits per heavy atom. The Hall–Kier alpha value is -3.92. The van der Waals surface area contributed by atoms with Crippen LogP contribution in [0.4, 0.5) is 0 Å². The molecule has 5 fully saturated rings. The largest absolute Gasteiger partial charge is 0.388 e. The molecule has 5 aliphatic rings. The molecule has 5 aliphatic heterocycles. The SMILES string of the molecule is COCCOCCS.COCCOCCSCC1O[C@H](OP(C)(=O)OP(C)(=O)OCC2OC(n3ccc(=O)[nH]c3=O)[C@H](O)[C@@H]2O)C(O)[C@@H](O)[C@H]1O.Cc1ccc(S(=O)(=O)OCC2OC(O)C(O)[C@@H](O)[C@H]2O)cc1.Cc1ccc(S(=O)(=O)OCC2O[C@H](OP(C)(=O)OP(C)(=O)OCC3OC(n4ccc(=O)[nH]c4=O)[C@H](O)[C@@H]3O)C(O)[C@@H](O)[C@H]2O)cc1. The van der Waals surface area contributed by atoms with Crippen LogP contribution in [0.2, 0.25) is 0 Å². The highest BCUT2D eigenvalue weighted by Gasteiger charge is 2.52. The van der Waals surface area contributed by atoms with Gasteiger partial charge in [0, 0.05) is 82.7 Å². The zero-order chi connectivity index (χ0) is 88.9. The Bertz CT molecular complexity index is 4500. The van der Waals surface area contributed by atoms with Crippen molar-refractivity contribution >= 4 is 75.0 Å². The number of hydrogen-bond acceptors (Lipinski definition) is 45. The molecule has 5 saturated heterocycles. The average Bonchev–Trinajstić information content (AvgIpc) is 1.70. The summed E-state index contributed by atoms with van der Waals surface area (Å²) in [6, 6.07) is 13.6. The van der Waals surface area contributed by atoms with Gasteiger partial charge >= 0.3 is 41.8 Å². The number of hydrogen-bond donors (Lipinski definition) is 17. The molecule has 27 atom stereocenters. The summed E-state index contributed by atoms with van der Waals surface area (Å²) in [6.45, 7) is 7.57. The molecule has 2 aromatic heterocycles. The Morgan fingerprint density at radius 3 is 1.17 bits per heavy atom. The second kappa shape index (κ2) is 47.1. The molecule has 0 spiro atoms. The van der Waals surface area contributed by atoms with Gasteiger partial charge in [0.05, 0.1) is 82.0 Å². The molecule has 2 aromatic carbocycles. The maximum Gasteiger partial charge on any atom is 0.337 e. The first kappa shape index (κ1) is 104. The van der Waals surface area contributed by atoms with Gasteiger partial charge in [0.15, 0.2) is 31.3 Å². The van der Waals surface area contributed by atoms with Crippen molar-refractivity contribution < 1.29 is 184 Å². The number of aliphatic hydroxyl groups excluding tert-OH is 14. The van der Waals surface area contributed by atoms with Gasteiger partial charge in [-0.3, -0.25) is 64.4 Å². The van der Waals surface area contributed by atoms with Crippen LogP contribution in [-0.2, 0) is 116 Å². The number of aliphatic hydroxyl groups is 14. The Balaban J connectivity index is 0.000000277. The molecule has 0 saturated carbocycles. The molecule has 0 amide bonds. The summed E-state index contributed by atoms with van der Waals surface area (Å²) >= 11 is 5.28. The van der Waals surface area contributed by atoms with Gasteiger partial charge in [0.1, 0.15) is 104 Å². The number of thioether (sulfide) groups is 1. The van der Waals surface area contributed by atoms with Crippen molar-refractivity contribution in [1.82, 2.24) is 19.1 Å². The van der Waals surface area contributed by atoms with Crippen LogP contribution in [0.15, 0.2) is 102 Å². The van der Waals surface area contributed by atoms with Gasteiger partial charge in [0.25, 0.3) is 31.4 Å². The third kappa shape index (κ3) is 31.3. The van der Waals surface area contributed by atoms with E-state index in [0.29, 0.717) is 45.4 Å². The van der Waals surface area contributed by atoms with Crippen LogP contribution in [0, 0.1) is 13.8 Å². The van der Waals surface area contributed by atoms with Gasteiger partial charge in [-0.1, -0.05) is 35.4 Å². The maximum atomic E-state index is 13.1. The van der Waals surface area contributed by atoms with E-state index in [4.69, 9.17) is 77.7 Å². The van der Waals surface area contributed by atoms with E-state index >= 15 is 0 Å². The zero-order valence-corrected chi connectivity index (χ0v) is 71.8. The quantitative estimate of drug-likeness (QED) is 0.00876. The van der Waals surface area contributed by atoms with Gasteiger partial charge in [-0.25, -0.2) is 18.2 Å². The summed E-state index contributed by atoms with van der Waals surface area (Å²) in [4.78, 5) is 50.4. The normalized spacial score (nSPS) is 31.8. The number of benzene rings is 2. The topological polar surface area (TPSA) is 686 Å². The highest BCUT2D eigenvalue weighted by molar-refractivity contribution is 7.99. The summed E-state index contributed by atoms with van der Waals surface area (Å²) in [5, 5.41) is 141. The Labute approximate surface area is 689 Å². The molecule has 7 heterocycles. The summed E-state index contributed by atoms with van der Waals surface area (Å²) in [6.07, 6.45) is -35.4. The van der Waals surface area contributed by atoms with Gasteiger partial charge in [-0.2, -0.15) is 41.2 Å². The van der Waals surface area contributed by atoms with Crippen LogP contribution in [0.1, 0.15) is 23.6 Å². The first-order valence-corrected chi connectivity index (χ1v) is 48.2. The van der Waals surface area contributed by atoms with Crippen molar-refractivity contribution in [1.29, 1.82) is 0 Å². The minimum atomic E-state index is -4.51. The third-order valence-electron chi connectivity index (χ3n) is 17.2. The molecular weight excluding hydrogens is 1760 g/mol. The number of nitrogens with zero attached hydrogens (tertiary/aromatic N) is 2. The number of H-pyrrole nitrogens is 2. The van der Waals surface area contributed by atoms with Crippen molar-refractivity contribution in [3.63, 3.8) is 0 Å². The zero-order valence-electron chi connectivity index (χ0n) is 64.9. The second-order valence-corrected chi connectivity index (χ2v) is 40.1. The number of aromatic amines is 2. The lowest BCUT2D eigenvalue weighted by Crippen LogP contribution is -2.59. The van der Waals surface area contributed by atoms with Gasteiger partial charge in [-0.15, -0.1) is 0 Å². The standard InChI is InChI=1S/C24H34N2O17P2S.C22H38N2O16P2S.C13H18O8S.C5H12O2S/c1-12-4-6-13(7-5-12)46(36,37)39-11-15-17(28)19(30)21(32)23(41-15)42-45(3,35)43-44(2,34)38-10-14-18(29)20(31)22(40-14)26-9-8-16(27)25-24(26)33;1-34-6-7-35-8-9-43-11-13-16(27)17(28)19(30)21(38-13)39-42(3,33)40-41(2,32)36-10-12-15(26)18(29)20(37-12)24-5-4-14(25)23-22(24)31;1-7-2-4-8(5-3-7)22(18,19)20-6-9-10(14)11(15)12(16)13(17)21-9;1-6-2-3-7-4-5-8/h4-9,14-15,17-23,28-32H,10-11H2,1-3H3,(H,25,27,33);4-5,12-13,15-21,26-30H,6-11H2,1-3H3,(H,23,25,31);2-5,9-17H,6H2,1H3;8H,2-5H2,1H3/t14?,15?,17-,18+,19-,20+,21?,22?,23+,44?,45?;12?,13?,15-,16+,17+,18-,19?,20?,21-,41?,42?;9?,10-,11-,12?,13?;/m010./s1. The van der Waals surface area contributed by atoms with Gasteiger partial charge in [0.2, 0.25) is 0 Å². The van der Waals surface area contributed by atoms with Crippen LogP contribution in [0.5, 0.6) is 0 Å². The van der Waals surface area contributed by atoms with Crippen molar-refractivity contribution in [3.8, 4) is 0 Å². The fraction of sp³-hybridized carbons (Fsp3) is 0.688. The van der Waals surface area contributed by atoms with Crippen LogP contribution >= 0.6 is 54.8 Å². The third-order valence-corrected chi connectivity index (χ3v) is 28.2. The lowest BCUT2D eigenvalue weighted by atomic mass is 10.00. The molecule has 119 heavy (non-hydrogen) atoms. The number of nitrogens with one attached hydrogen (secondary N) is 2. The van der Waals surface area contributed by atoms with Gasteiger partial charge < -0.3 is 123 Å². The summed E-state index contributed by atoms with van der Waals surface area (Å²) in [5.74, 6) is 1.46. The highest BCUT2D eigenvalue weighted by Crippen LogP contribution is 2.63. The van der Waals surface area contributed by atoms with E-state index < -0.39 is 241 Å². The average molecular weight is 1870 g/mol. The van der Waals surface area contributed by atoms with Crippen molar-refractivity contribution in [3.05, 3.63) is 126 Å². The molecule has 47 nitrogen and oxygen atoms in total. The van der Waals surface area contributed by atoms with Crippen LogP contribution in [0.3, 0.4) is 0 Å². The van der Waals surface area contributed by atoms with E-state index in [2.05, 4.69) is 12.6 Å². The molecule has 0 bridgehead atoms. The molecule has 0 radical (unpaired) electrons. The number of aromatic nitrogens is 4. The molecule has 0 aliphatic carbocycles. The van der Waals surface area contributed by atoms with Crippen molar-refractivity contribution in [2.24, 2.45) is 0 Å². The van der Waals surface area contributed by atoms with Crippen molar-refractivity contribution in [2.75, 3.05) is 124 Å². The smallest absolute Gasteiger partial charge is 0.337 e. The lowest BCUT2D eigenvalue weighted by molar-refractivity contribution is -0.285. The predicted octanol–water partition coefficient (Wildman–Crippen LogP) is -4.49. The number of thiol groups is 1. The lowest BCUT2D eigenvalue weighted by Gasteiger charge is -2.40. The Kier molecular flexibility index (Phi) is 41.1. The number of rotatable bonds is 37. The summed E-state index contributed by atoms with van der Waals surface area (Å²) < 4.78 is 190. The van der Waals surface area contributed by atoms with E-state index in [-0.39, 0.29) is 15.5 Å². The van der Waals surface area contributed by atoms with E-state index in [1.165, 1.54) is 48.2 Å². The molecule has 680 valence electrons. The molecule has 9 rings (SSSR count). The fourth-order valence-electron chi connectivity index (χ4n) is 10.9. The van der Waals surface area contributed by atoms with Gasteiger partial charge in [-0.05, 0) is 38.1 Å². The summed E-state index contributed by atoms with van der Waals surface area (Å²) in [7, 11) is -22.6. The number of ether oxygens (including phenoxy) is 9. The maximum absolute atomic E-state index is 13.1. The molecular formula is C64H102N4O43P4S4. The van der Waals surface area contributed by atoms with Crippen LogP contribution in [-0.4, -0.2) is 360 Å². The molecule has 4 aromatic rings. The fourth-order valence-corrected chi connectivity index (χ4v) is 20.8.